The maximum atomic E-state index is 11.1. The van der Waals surface area contributed by atoms with Gasteiger partial charge in [-0.05, 0) is 43.2 Å². The van der Waals surface area contributed by atoms with Crippen molar-refractivity contribution in [2.75, 3.05) is 5.32 Å². The molecule has 0 aliphatic carbocycles. The van der Waals surface area contributed by atoms with Crippen molar-refractivity contribution in [2.45, 2.75) is 20.4 Å². The second-order valence-corrected chi connectivity index (χ2v) is 4.31. The molecule has 0 aliphatic heterocycles. The molecular formula is C14H15N3O2. The fourth-order valence-electron chi connectivity index (χ4n) is 1.72. The van der Waals surface area contributed by atoms with Gasteiger partial charge in [-0.25, -0.2) is 9.78 Å². The summed E-state index contributed by atoms with van der Waals surface area (Å²) in [5.74, 6) is -0.603. The molecule has 5 nitrogen and oxygen atoms in total. The maximum Gasteiger partial charge on any atom is 0.339 e. The molecular weight excluding hydrogens is 242 g/mol. The number of carbonyl (C=O) groups is 1. The number of nitrogens with zero attached hydrogens (tertiary/aromatic N) is 2. The van der Waals surface area contributed by atoms with Crippen LogP contribution in [0.3, 0.4) is 0 Å². The summed E-state index contributed by atoms with van der Waals surface area (Å²) in [6, 6.07) is 5.16. The van der Waals surface area contributed by atoms with Gasteiger partial charge in [0.2, 0.25) is 0 Å². The van der Waals surface area contributed by atoms with E-state index in [0.29, 0.717) is 12.4 Å². The van der Waals surface area contributed by atoms with E-state index in [1.165, 1.54) is 0 Å². The van der Waals surface area contributed by atoms with Crippen molar-refractivity contribution in [3.8, 4) is 0 Å². The van der Waals surface area contributed by atoms with E-state index in [9.17, 15) is 4.79 Å². The quantitative estimate of drug-likeness (QED) is 0.879. The standard InChI is InChI=1S/C14H15N3O2/c1-9-5-6-15-7-11(9)8-16-13-12(14(18)19)4-3-10(2)17-13/h3-7H,8H2,1-2H3,(H,16,17)(H,18,19). The SMILES string of the molecule is Cc1ccc(C(=O)O)c(NCc2cnccc2C)n1. The number of hydrogen-bond donors (Lipinski definition) is 2. The Labute approximate surface area is 111 Å². The molecule has 0 aromatic carbocycles. The molecule has 2 heterocycles. The van der Waals surface area contributed by atoms with Gasteiger partial charge >= 0.3 is 5.97 Å². The first kappa shape index (κ1) is 13.0. The Kier molecular flexibility index (Phi) is 3.75. The fourth-order valence-corrected chi connectivity index (χ4v) is 1.72. The van der Waals surface area contributed by atoms with Gasteiger partial charge in [0.25, 0.3) is 0 Å². The molecule has 0 bridgehead atoms. The van der Waals surface area contributed by atoms with Crippen LogP contribution in [-0.2, 0) is 6.54 Å². The van der Waals surface area contributed by atoms with E-state index in [0.717, 1.165) is 16.8 Å². The van der Waals surface area contributed by atoms with Crippen molar-refractivity contribution in [1.82, 2.24) is 9.97 Å². The maximum absolute atomic E-state index is 11.1. The van der Waals surface area contributed by atoms with Gasteiger partial charge in [-0.3, -0.25) is 4.98 Å². The van der Waals surface area contributed by atoms with Crippen LogP contribution in [0.2, 0.25) is 0 Å². The summed E-state index contributed by atoms with van der Waals surface area (Å²) in [6.45, 7) is 4.31. The van der Waals surface area contributed by atoms with Crippen LogP contribution in [0.25, 0.3) is 0 Å². The molecule has 0 amide bonds. The van der Waals surface area contributed by atoms with Gasteiger partial charge in [0, 0.05) is 24.6 Å². The fraction of sp³-hybridized carbons (Fsp3) is 0.214. The Bertz CT molecular complexity index is 611. The third-order valence-corrected chi connectivity index (χ3v) is 2.86. The third kappa shape index (κ3) is 3.07. The van der Waals surface area contributed by atoms with Crippen molar-refractivity contribution in [1.29, 1.82) is 0 Å². The smallest absolute Gasteiger partial charge is 0.339 e. The average molecular weight is 257 g/mol. The molecule has 0 atom stereocenters. The summed E-state index contributed by atoms with van der Waals surface area (Å²) >= 11 is 0. The monoisotopic (exact) mass is 257 g/mol. The number of carboxylic acids is 1. The highest BCUT2D eigenvalue weighted by Gasteiger charge is 2.11. The van der Waals surface area contributed by atoms with Gasteiger partial charge in [-0.2, -0.15) is 0 Å². The summed E-state index contributed by atoms with van der Waals surface area (Å²) in [5.41, 5.74) is 3.07. The number of pyridine rings is 2. The molecule has 0 aliphatic rings. The number of aromatic carboxylic acids is 1. The van der Waals surface area contributed by atoms with Crippen LogP contribution in [0.15, 0.2) is 30.6 Å². The first-order valence-electron chi connectivity index (χ1n) is 5.92. The van der Waals surface area contributed by atoms with Gasteiger partial charge in [0.15, 0.2) is 0 Å². The van der Waals surface area contributed by atoms with E-state index >= 15 is 0 Å². The van der Waals surface area contributed by atoms with Gasteiger partial charge in [0.05, 0.1) is 0 Å². The van der Waals surface area contributed by atoms with Crippen molar-refractivity contribution >= 4 is 11.8 Å². The minimum atomic E-state index is -0.988. The van der Waals surface area contributed by atoms with Crippen LogP contribution in [0.5, 0.6) is 0 Å². The van der Waals surface area contributed by atoms with Gasteiger partial charge in [-0.15, -0.1) is 0 Å². The van der Waals surface area contributed by atoms with Crippen molar-refractivity contribution in [2.24, 2.45) is 0 Å². The zero-order valence-electron chi connectivity index (χ0n) is 10.8. The zero-order valence-corrected chi connectivity index (χ0v) is 10.8. The van der Waals surface area contributed by atoms with Crippen LogP contribution in [0.4, 0.5) is 5.82 Å². The van der Waals surface area contributed by atoms with E-state index in [4.69, 9.17) is 5.11 Å². The van der Waals surface area contributed by atoms with Crippen LogP contribution in [0.1, 0.15) is 27.2 Å². The number of rotatable bonds is 4. The second-order valence-electron chi connectivity index (χ2n) is 4.31. The van der Waals surface area contributed by atoms with Crippen LogP contribution >= 0.6 is 0 Å². The number of aryl methyl sites for hydroxylation is 2. The number of carboxylic acid groups (broad SMARTS) is 1. The molecule has 19 heavy (non-hydrogen) atoms. The molecule has 0 saturated heterocycles. The summed E-state index contributed by atoms with van der Waals surface area (Å²) < 4.78 is 0. The highest BCUT2D eigenvalue weighted by Crippen LogP contribution is 2.15. The van der Waals surface area contributed by atoms with Crippen molar-refractivity contribution in [3.63, 3.8) is 0 Å². The number of nitrogens with one attached hydrogen (secondary N) is 1. The molecule has 0 saturated carbocycles. The predicted octanol–water partition coefficient (Wildman–Crippen LogP) is 2.40. The second kappa shape index (κ2) is 5.48. The lowest BCUT2D eigenvalue weighted by Crippen LogP contribution is -2.09. The van der Waals surface area contributed by atoms with Crippen molar-refractivity contribution < 1.29 is 9.90 Å². The highest BCUT2D eigenvalue weighted by atomic mass is 16.4. The number of aromatic nitrogens is 2. The number of anilines is 1. The first-order valence-corrected chi connectivity index (χ1v) is 5.92. The van der Waals surface area contributed by atoms with E-state index in [-0.39, 0.29) is 5.56 Å². The van der Waals surface area contributed by atoms with Crippen LogP contribution in [0, 0.1) is 13.8 Å². The number of hydrogen-bond acceptors (Lipinski definition) is 4. The Morgan fingerprint density at radius 1 is 1.32 bits per heavy atom. The molecule has 0 spiro atoms. The van der Waals surface area contributed by atoms with Crippen LogP contribution < -0.4 is 5.32 Å². The molecule has 0 radical (unpaired) electrons. The van der Waals surface area contributed by atoms with E-state index < -0.39 is 5.97 Å². The zero-order chi connectivity index (χ0) is 13.8. The van der Waals surface area contributed by atoms with Gasteiger partial charge in [-0.1, -0.05) is 0 Å². The molecule has 5 heteroatoms. The first-order chi connectivity index (χ1) is 9.08. The molecule has 0 unspecified atom stereocenters. The summed E-state index contributed by atoms with van der Waals surface area (Å²) in [6.07, 6.45) is 3.49. The largest absolute Gasteiger partial charge is 0.478 e. The summed E-state index contributed by atoms with van der Waals surface area (Å²) in [7, 11) is 0. The average Bonchev–Trinajstić information content (AvgIpc) is 2.37. The van der Waals surface area contributed by atoms with Gasteiger partial charge < -0.3 is 10.4 Å². The lowest BCUT2D eigenvalue weighted by molar-refractivity contribution is 0.0697. The molecule has 0 fully saturated rings. The minimum absolute atomic E-state index is 0.173. The summed E-state index contributed by atoms with van der Waals surface area (Å²) in [5, 5.41) is 12.2. The molecule has 98 valence electrons. The molecule has 2 N–H and O–H groups in total. The Balaban J connectivity index is 2.22. The lowest BCUT2D eigenvalue weighted by atomic mass is 10.1. The van der Waals surface area contributed by atoms with Crippen molar-refractivity contribution in [3.05, 3.63) is 53.0 Å². The van der Waals surface area contributed by atoms with Crippen LogP contribution in [-0.4, -0.2) is 21.0 Å². The minimum Gasteiger partial charge on any atom is -0.478 e. The van der Waals surface area contributed by atoms with E-state index in [1.807, 2.05) is 19.9 Å². The summed E-state index contributed by atoms with van der Waals surface area (Å²) in [4.78, 5) is 19.4. The molecule has 2 aromatic heterocycles. The highest BCUT2D eigenvalue weighted by molar-refractivity contribution is 5.93. The Morgan fingerprint density at radius 2 is 2.11 bits per heavy atom. The Hall–Kier alpha value is -2.43. The van der Waals surface area contributed by atoms with E-state index in [1.54, 1.807) is 24.5 Å². The topological polar surface area (TPSA) is 75.1 Å². The molecule has 2 rings (SSSR count). The predicted molar refractivity (Wildman–Crippen MR) is 72.2 cm³/mol. The third-order valence-electron chi connectivity index (χ3n) is 2.86. The van der Waals surface area contributed by atoms with E-state index in [2.05, 4.69) is 15.3 Å². The lowest BCUT2D eigenvalue weighted by Gasteiger charge is -2.10. The molecule has 2 aromatic rings. The van der Waals surface area contributed by atoms with Gasteiger partial charge in [0.1, 0.15) is 11.4 Å². The normalized spacial score (nSPS) is 10.2. The Morgan fingerprint density at radius 3 is 2.79 bits per heavy atom.